The highest BCUT2D eigenvalue weighted by Crippen LogP contribution is 2.17. The van der Waals surface area contributed by atoms with Crippen molar-refractivity contribution in [1.29, 1.82) is 0 Å². The number of nitrogens with zero attached hydrogens (tertiary/aromatic N) is 1. The van der Waals surface area contributed by atoms with E-state index < -0.39 is 0 Å². The molecule has 1 amide bonds. The summed E-state index contributed by atoms with van der Waals surface area (Å²) >= 11 is 0. The van der Waals surface area contributed by atoms with Gasteiger partial charge in [-0.3, -0.25) is 4.79 Å². The normalized spacial score (nSPS) is 14.2. The molecule has 0 radical (unpaired) electrons. The number of piperidine rings is 1. The van der Waals surface area contributed by atoms with Crippen molar-refractivity contribution in [2.45, 2.75) is 58.8 Å². The fourth-order valence-electron chi connectivity index (χ4n) is 3.42. The van der Waals surface area contributed by atoms with Crippen molar-refractivity contribution in [2.24, 2.45) is 0 Å². The number of amides is 1. The predicted octanol–water partition coefficient (Wildman–Crippen LogP) is -0.151. The van der Waals surface area contributed by atoms with E-state index in [0.29, 0.717) is 18.7 Å². The number of quaternary nitrogens is 1. The number of anilines is 1. The van der Waals surface area contributed by atoms with Crippen molar-refractivity contribution in [3.8, 4) is 0 Å². The minimum absolute atomic E-state index is 0. The molecule has 0 bridgehead atoms. The first-order chi connectivity index (χ1) is 13.2. The zero-order valence-electron chi connectivity index (χ0n) is 17.3. The van der Waals surface area contributed by atoms with E-state index in [1.54, 1.807) is 12.1 Å². The Morgan fingerprint density at radius 1 is 1.00 bits per heavy atom. The Hall–Kier alpha value is -1.59. The van der Waals surface area contributed by atoms with Gasteiger partial charge in [-0.15, -0.1) is 0 Å². The monoisotopic (exact) mass is 410 g/mol. The van der Waals surface area contributed by atoms with Crippen LogP contribution in [0.15, 0.2) is 24.3 Å². The lowest BCUT2D eigenvalue weighted by atomic mass is 10.1. The molecule has 1 saturated heterocycles. The van der Waals surface area contributed by atoms with Crippen LogP contribution in [0.5, 0.6) is 0 Å². The Kier molecular flexibility index (Phi) is 11.8. The maximum Gasteiger partial charge on any atom is 0.338 e. The van der Waals surface area contributed by atoms with Gasteiger partial charge in [-0.05, 0) is 56.4 Å². The molecule has 158 valence electrons. The van der Waals surface area contributed by atoms with Crippen molar-refractivity contribution < 1.29 is 31.6 Å². The Bertz CT molecular complexity index is 586. The van der Waals surface area contributed by atoms with Gasteiger partial charge in [0.05, 0.1) is 25.3 Å². The molecule has 1 aliphatic rings. The summed E-state index contributed by atoms with van der Waals surface area (Å²) in [6, 6.07) is 7.28. The maximum absolute atomic E-state index is 12.9. The van der Waals surface area contributed by atoms with Gasteiger partial charge in [0.25, 0.3) is 5.91 Å². The summed E-state index contributed by atoms with van der Waals surface area (Å²) in [5.74, 6) is -0.113. The van der Waals surface area contributed by atoms with Crippen LogP contribution in [0.25, 0.3) is 0 Å². The van der Waals surface area contributed by atoms with Gasteiger partial charge in [0.2, 0.25) is 0 Å². The molecule has 1 aliphatic heterocycles. The molecule has 1 fully saturated rings. The number of halogens is 1. The summed E-state index contributed by atoms with van der Waals surface area (Å²) < 4.78 is 5.26. The second-order valence-electron chi connectivity index (χ2n) is 7.42. The van der Waals surface area contributed by atoms with Crippen LogP contribution in [-0.4, -0.2) is 44.7 Å². The number of hydrogen-bond acceptors (Lipinski definition) is 3. The molecule has 1 N–H and O–H groups in total. The molecule has 28 heavy (non-hydrogen) atoms. The number of nitrogens with one attached hydrogen (secondary N) is 1. The van der Waals surface area contributed by atoms with Gasteiger partial charge in [-0.25, -0.2) is 4.79 Å². The fourth-order valence-corrected chi connectivity index (χ4v) is 3.42. The van der Waals surface area contributed by atoms with Crippen LogP contribution < -0.4 is 22.2 Å². The van der Waals surface area contributed by atoms with E-state index in [0.717, 1.165) is 51.0 Å². The molecule has 5 nitrogen and oxygen atoms in total. The first-order valence-electron chi connectivity index (χ1n) is 10.6. The molecule has 1 heterocycles. The van der Waals surface area contributed by atoms with Gasteiger partial charge >= 0.3 is 5.97 Å². The molecule has 1 aromatic carbocycles. The first-order valence-corrected chi connectivity index (χ1v) is 10.6. The highest BCUT2D eigenvalue weighted by Gasteiger charge is 2.23. The molecule has 0 spiro atoms. The topological polar surface area (TPSA) is 51.0 Å². The van der Waals surface area contributed by atoms with Crippen LogP contribution in [0.1, 0.15) is 69.2 Å². The van der Waals surface area contributed by atoms with Crippen LogP contribution >= 0.6 is 0 Å². The average Bonchev–Trinajstić information content (AvgIpc) is 2.69. The first kappa shape index (κ1) is 24.4. The van der Waals surface area contributed by atoms with Crippen LogP contribution in [-0.2, 0) is 9.53 Å². The molecule has 6 heteroatoms. The molecule has 0 unspecified atom stereocenters. The standard InChI is InChI=1S/C22H34N2O3.ClH/c1-3-5-16-24(21(25)18-23-14-8-7-9-15-23)20-12-10-19(11-13-20)22(26)27-17-6-4-2;/h10-13H,3-9,14-18H2,1-2H3;1H. The second kappa shape index (κ2) is 13.6. The number of benzene rings is 1. The Balaban J connectivity index is 0.00000392. The summed E-state index contributed by atoms with van der Waals surface area (Å²) in [7, 11) is 0. The summed E-state index contributed by atoms with van der Waals surface area (Å²) in [6.45, 7) is 8.13. The minimum Gasteiger partial charge on any atom is -1.00 e. The summed E-state index contributed by atoms with van der Waals surface area (Å²) in [6.07, 6.45) is 7.61. The number of likely N-dealkylation sites (tertiary alicyclic amines) is 1. The maximum atomic E-state index is 12.9. The average molecular weight is 411 g/mol. The Labute approximate surface area is 175 Å². The Morgan fingerprint density at radius 2 is 1.64 bits per heavy atom. The molecule has 0 atom stereocenters. The zero-order valence-corrected chi connectivity index (χ0v) is 18.1. The van der Waals surface area contributed by atoms with Gasteiger partial charge in [0, 0.05) is 12.2 Å². The van der Waals surface area contributed by atoms with E-state index in [9.17, 15) is 9.59 Å². The Morgan fingerprint density at radius 3 is 2.25 bits per heavy atom. The molecule has 0 aromatic heterocycles. The number of ether oxygens (including phenoxy) is 1. The van der Waals surface area contributed by atoms with E-state index in [1.807, 2.05) is 17.0 Å². The third-order valence-electron chi connectivity index (χ3n) is 5.14. The number of carbonyl (C=O) groups is 2. The largest absolute Gasteiger partial charge is 1.00 e. The minimum atomic E-state index is -0.292. The molecule has 0 aliphatic carbocycles. The molecular weight excluding hydrogens is 376 g/mol. The van der Waals surface area contributed by atoms with Crippen molar-refractivity contribution in [3.63, 3.8) is 0 Å². The van der Waals surface area contributed by atoms with Crippen LogP contribution in [0.3, 0.4) is 0 Å². The fraction of sp³-hybridized carbons (Fsp3) is 0.636. The summed E-state index contributed by atoms with van der Waals surface area (Å²) in [4.78, 5) is 28.3. The quantitative estimate of drug-likeness (QED) is 0.431. The van der Waals surface area contributed by atoms with Crippen molar-refractivity contribution >= 4 is 17.6 Å². The van der Waals surface area contributed by atoms with E-state index >= 15 is 0 Å². The predicted molar refractivity (Wildman–Crippen MR) is 108 cm³/mol. The van der Waals surface area contributed by atoms with E-state index in [1.165, 1.54) is 24.2 Å². The van der Waals surface area contributed by atoms with E-state index in [4.69, 9.17) is 4.74 Å². The molecule has 0 saturated carbocycles. The van der Waals surface area contributed by atoms with Gasteiger partial charge in [-0.1, -0.05) is 26.7 Å². The molecule has 1 aromatic rings. The van der Waals surface area contributed by atoms with Crippen molar-refractivity contribution in [1.82, 2.24) is 0 Å². The third-order valence-corrected chi connectivity index (χ3v) is 5.14. The van der Waals surface area contributed by atoms with Crippen LogP contribution in [0.4, 0.5) is 5.69 Å². The van der Waals surface area contributed by atoms with Crippen LogP contribution in [0.2, 0.25) is 0 Å². The number of unbranched alkanes of at least 4 members (excludes halogenated alkanes) is 2. The lowest BCUT2D eigenvalue weighted by Crippen LogP contribution is -3.14. The molecular formula is C22H35ClN2O3. The summed E-state index contributed by atoms with van der Waals surface area (Å²) in [5, 5.41) is 0. The second-order valence-corrected chi connectivity index (χ2v) is 7.42. The highest BCUT2D eigenvalue weighted by atomic mass is 35.5. The van der Waals surface area contributed by atoms with Gasteiger partial charge in [0.1, 0.15) is 0 Å². The van der Waals surface area contributed by atoms with Crippen LogP contribution in [0, 0.1) is 0 Å². The smallest absolute Gasteiger partial charge is 0.338 e. The molecule has 2 rings (SSSR count). The third kappa shape index (κ3) is 7.80. The van der Waals surface area contributed by atoms with E-state index in [2.05, 4.69) is 13.8 Å². The SMILES string of the molecule is CCCCOC(=O)c1ccc(N(CCCC)C(=O)C[NH+]2CCCCC2)cc1.[Cl-]. The van der Waals surface area contributed by atoms with Crippen molar-refractivity contribution in [2.75, 3.05) is 37.7 Å². The lowest BCUT2D eigenvalue weighted by molar-refractivity contribution is -0.896. The number of rotatable bonds is 10. The zero-order chi connectivity index (χ0) is 19.5. The lowest BCUT2D eigenvalue weighted by Gasteiger charge is -2.27. The number of hydrogen-bond donors (Lipinski definition) is 1. The van der Waals surface area contributed by atoms with E-state index in [-0.39, 0.29) is 24.3 Å². The van der Waals surface area contributed by atoms with Gasteiger partial charge in [0.15, 0.2) is 6.54 Å². The summed E-state index contributed by atoms with van der Waals surface area (Å²) in [5.41, 5.74) is 1.41. The number of carbonyl (C=O) groups excluding carboxylic acids is 2. The van der Waals surface area contributed by atoms with Crippen molar-refractivity contribution in [3.05, 3.63) is 29.8 Å². The van der Waals surface area contributed by atoms with Gasteiger partial charge < -0.3 is 26.9 Å². The van der Waals surface area contributed by atoms with Gasteiger partial charge in [-0.2, -0.15) is 0 Å². The number of esters is 1. The highest BCUT2D eigenvalue weighted by molar-refractivity contribution is 5.95.